The van der Waals surface area contributed by atoms with E-state index in [-0.39, 0.29) is 6.61 Å². The highest BCUT2D eigenvalue weighted by molar-refractivity contribution is 7.11. The van der Waals surface area contributed by atoms with E-state index in [1.54, 1.807) is 6.92 Å². The van der Waals surface area contributed by atoms with Crippen molar-refractivity contribution in [2.75, 3.05) is 6.61 Å². The van der Waals surface area contributed by atoms with E-state index in [0.29, 0.717) is 17.1 Å². The van der Waals surface area contributed by atoms with E-state index < -0.39 is 16.3 Å². The van der Waals surface area contributed by atoms with E-state index in [0.717, 1.165) is 4.88 Å². The van der Waals surface area contributed by atoms with Crippen LogP contribution in [0.2, 0.25) is 0 Å². The highest BCUT2D eigenvalue weighted by atomic mass is 32.1. The summed E-state index contributed by atoms with van der Waals surface area (Å²) in [5.74, 6) is 0. The van der Waals surface area contributed by atoms with Crippen molar-refractivity contribution in [1.82, 2.24) is 4.98 Å². The molecule has 0 amide bonds. The first-order chi connectivity index (χ1) is 8.40. The van der Waals surface area contributed by atoms with E-state index in [1.165, 1.54) is 18.3 Å². The second kappa shape index (κ2) is 6.10. The fraction of sp³-hybridized carbons (Fsp3) is 0.625. The van der Waals surface area contributed by atoms with E-state index in [4.69, 9.17) is 0 Å². The maximum Gasteiger partial charge on any atom is 0.295 e. The number of hydrogen-bond donors (Lipinski definition) is 0. The van der Waals surface area contributed by atoms with Crippen LogP contribution in [0.5, 0.6) is 0 Å². The number of nitrogens with zero attached hydrogens (tertiary/aromatic N) is 3. The molecule has 0 aliphatic rings. The third kappa shape index (κ3) is 4.13. The molecule has 0 fully saturated rings. The van der Waals surface area contributed by atoms with Crippen molar-refractivity contribution in [2.45, 2.75) is 26.4 Å². The van der Waals surface area contributed by atoms with Gasteiger partial charge < -0.3 is 9.68 Å². The zero-order chi connectivity index (χ0) is 13.7. The lowest BCUT2D eigenvalue weighted by Gasteiger charge is -2.03. The van der Waals surface area contributed by atoms with Crippen LogP contribution >= 0.6 is 11.3 Å². The summed E-state index contributed by atoms with van der Waals surface area (Å²) in [5, 5.41) is 18.9. The predicted molar refractivity (Wildman–Crippen MR) is 60.0 cm³/mol. The van der Waals surface area contributed by atoms with Gasteiger partial charge in [0.1, 0.15) is 11.6 Å². The minimum absolute atomic E-state index is 0.0695. The molecule has 0 spiro atoms. The molecule has 1 rings (SSSR count). The molecule has 0 saturated heterocycles. The van der Waals surface area contributed by atoms with Gasteiger partial charge in [-0.3, -0.25) is 0 Å². The van der Waals surface area contributed by atoms with Crippen LogP contribution < -0.4 is 0 Å². The fourth-order valence-corrected chi connectivity index (χ4v) is 2.27. The van der Waals surface area contributed by atoms with Crippen molar-refractivity contribution in [1.29, 1.82) is 0 Å². The summed E-state index contributed by atoms with van der Waals surface area (Å²) in [4.78, 5) is 33.7. The minimum Gasteiger partial charge on any atom is -0.314 e. The Morgan fingerprint density at radius 1 is 1.39 bits per heavy atom. The average molecular weight is 277 g/mol. The minimum atomic E-state index is -0.878. The monoisotopic (exact) mass is 277 g/mol. The summed E-state index contributed by atoms with van der Waals surface area (Å²) >= 11 is 1.22. The zero-order valence-corrected chi connectivity index (χ0v) is 10.5. The summed E-state index contributed by atoms with van der Waals surface area (Å²) in [7, 11) is 0. The molecule has 1 unspecified atom stereocenters. The van der Waals surface area contributed by atoms with Crippen molar-refractivity contribution >= 4 is 11.3 Å². The topological polar surface area (TPSA) is 118 Å². The van der Waals surface area contributed by atoms with Crippen molar-refractivity contribution in [3.8, 4) is 0 Å². The number of thiazole rings is 1. The van der Waals surface area contributed by atoms with Gasteiger partial charge in [0.05, 0.1) is 5.69 Å². The lowest BCUT2D eigenvalue weighted by atomic mass is 10.3. The molecule has 9 nitrogen and oxygen atoms in total. The van der Waals surface area contributed by atoms with Crippen molar-refractivity contribution in [2.24, 2.45) is 0 Å². The van der Waals surface area contributed by atoms with Gasteiger partial charge in [0.2, 0.25) is 0 Å². The third-order valence-electron chi connectivity index (χ3n) is 2.03. The number of rotatable bonds is 7. The van der Waals surface area contributed by atoms with Crippen LogP contribution in [0.3, 0.4) is 0 Å². The van der Waals surface area contributed by atoms with Gasteiger partial charge in [-0.15, -0.1) is 31.6 Å². The van der Waals surface area contributed by atoms with Crippen LogP contribution in [-0.4, -0.2) is 21.8 Å². The summed E-state index contributed by atoms with van der Waals surface area (Å²) in [6.45, 7) is 3.17. The second-order valence-corrected chi connectivity index (χ2v) is 4.45. The normalized spacial score (nSPS) is 11.9. The largest absolute Gasteiger partial charge is 0.314 e. The molecule has 100 valence electrons. The van der Waals surface area contributed by atoms with Crippen LogP contribution in [0.25, 0.3) is 0 Å². The molecule has 1 heterocycles. The first-order valence-electron chi connectivity index (χ1n) is 4.94. The van der Waals surface area contributed by atoms with Crippen molar-refractivity contribution in [3.05, 3.63) is 35.8 Å². The molecule has 1 aromatic heterocycles. The number of hydrogen-bond acceptors (Lipinski definition) is 8. The van der Waals surface area contributed by atoms with Crippen LogP contribution in [0.15, 0.2) is 0 Å². The smallest absolute Gasteiger partial charge is 0.295 e. The quantitative estimate of drug-likeness (QED) is 0.547. The lowest BCUT2D eigenvalue weighted by Crippen LogP contribution is -2.05. The Bertz CT molecular complexity index is 448. The molecule has 0 aliphatic carbocycles. The predicted octanol–water partition coefficient (Wildman–Crippen LogP) is 1.47. The van der Waals surface area contributed by atoms with Crippen LogP contribution in [-0.2, 0) is 16.1 Å². The van der Waals surface area contributed by atoms with Gasteiger partial charge in [0, 0.05) is 11.3 Å². The van der Waals surface area contributed by atoms with Crippen molar-refractivity contribution < 1.29 is 19.8 Å². The van der Waals surface area contributed by atoms with Gasteiger partial charge in [-0.1, -0.05) is 0 Å². The standard InChI is InChI=1S/C8H11N3O6S/c1-5-7(3-4-16-10(12)13)18-8(9-5)6(2)17-11(14)15/h6H,3-4H2,1-2H3. The molecular formula is C8H11N3O6S. The highest BCUT2D eigenvalue weighted by Crippen LogP contribution is 2.26. The Balaban J connectivity index is 2.63. The average Bonchev–Trinajstić information content (AvgIpc) is 2.59. The molecule has 0 saturated carbocycles. The molecular weight excluding hydrogens is 266 g/mol. The van der Waals surface area contributed by atoms with E-state index >= 15 is 0 Å². The lowest BCUT2D eigenvalue weighted by molar-refractivity contribution is -0.770. The van der Waals surface area contributed by atoms with Gasteiger partial charge >= 0.3 is 0 Å². The maximum atomic E-state index is 10.2. The third-order valence-corrected chi connectivity index (χ3v) is 3.41. The summed E-state index contributed by atoms with van der Waals surface area (Å²) in [6, 6.07) is 0. The molecule has 0 radical (unpaired) electrons. The van der Waals surface area contributed by atoms with E-state index in [2.05, 4.69) is 14.7 Å². The molecule has 0 bridgehead atoms. The Morgan fingerprint density at radius 3 is 2.61 bits per heavy atom. The number of aryl methyl sites for hydroxylation is 1. The molecule has 10 heteroatoms. The number of aromatic nitrogens is 1. The molecule has 0 aromatic carbocycles. The Kier molecular flexibility index (Phi) is 4.77. The summed E-state index contributed by atoms with van der Waals surface area (Å²) in [5.41, 5.74) is 0.667. The molecule has 1 atom stereocenters. The SMILES string of the molecule is Cc1nc(C(C)O[N+](=O)[O-])sc1CCO[N+](=O)[O-]. The van der Waals surface area contributed by atoms with Crippen LogP contribution in [0.1, 0.15) is 28.6 Å². The van der Waals surface area contributed by atoms with Crippen molar-refractivity contribution in [3.63, 3.8) is 0 Å². The molecule has 0 N–H and O–H groups in total. The van der Waals surface area contributed by atoms with Gasteiger partial charge in [-0.05, 0) is 13.8 Å². The Labute approximate surface area is 106 Å². The molecule has 0 aliphatic heterocycles. The first kappa shape index (κ1) is 14.1. The first-order valence-corrected chi connectivity index (χ1v) is 5.76. The van der Waals surface area contributed by atoms with Crippen LogP contribution in [0, 0.1) is 27.2 Å². The maximum absolute atomic E-state index is 10.2. The van der Waals surface area contributed by atoms with Gasteiger partial charge in [-0.25, -0.2) is 4.98 Å². The van der Waals surface area contributed by atoms with Gasteiger partial charge in [-0.2, -0.15) is 0 Å². The highest BCUT2D eigenvalue weighted by Gasteiger charge is 2.16. The van der Waals surface area contributed by atoms with E-state index in [1.807, 2.05) is 0 Å². The Morgan fingerprint density at radius 2 is 2.06 bits per heavy atom. The van der Waals surface area contributed by atoms with E-state index in [9.17, 15) is 20.2 Å². The van der Waals surface area contributed by atoms with Gasteiger partial charge in [0.15, 0.2) is 6.10 Å². The fourth-order valence-electron chi connectivity index (χ4n) is 1.24. The molecule has 1 aromatic rings. The second-order valence-electron chi connectivity index (χ2n) is 3.34. The summed E-state index contributed by atoms with van der Waals surface area (Å²) in [6.07, 6.45) is -0.427. The zero-order valence-electron chi connectivity index (χ0n) is 9.69. The molecule has 18 heavy (non-hydrogen) atoms. The van der Waals surface area contributed by atoms with Gasteiger partial charge in [0.25, 0.3) is 10.2 Å². The van der Waals surface area contributed by atoms with Crippen LogP contribution in [0.4, 0.5) is 0 Å². The summed E-state index contributed by atoms with van der Waals surface area (Å²) < 4.78 is 0. The Hall–Kier alpha value is -1.97.